The number of rotatable bonds is 6. The van der Waals surface area contributed by atoms with Gasteiger partial charge in [0.2, 0.25) is 0 Å². The molecule has 0 aromatic heterocycles. The lowest BCUT2D eigenvalue weighted by atomic mass is 10.1. The Bertz CT molecular complexity index is 491. The fourth-order valence-corrected chi connectivity index (χ4v) is 1.55. The molecule has 0 fully saturated rings. The van der Waals surface area contributed by atoms with Crippen LogP contribution >= 0.6 is 0 Å². The van der Waals surface area contributed by atoms with Crippen LogP contribution in [0.1, 0.15) is 30.6 Å². The van der Waals surface area contributed by atoms with Gasteiger partial charge >= 0.3 is 0 Å². The van der Waals surface area contributed by atoms with Crippen molar-refractivity contribution in [2.45, 2.75) is 20.3 Å². The van der Waals surface area contributed by atoms with Crippen LogP contribution in [-0.4, -0.2) is 23.9 Å². The normalized spacial score (nSPS) is 10.1. The summed E-state index contributed by atoms with van der Waals surface area (Å²) in [6.45, 7) is 4.46. The molecule has 1 aromatic rings. The van der Waals surface area contributed by atoms with Gasteiger partial charge in [0.05, 0.1) is 16.7 Å². The Balaban J connectivity index is 3.22. The fraction of sp³-hybridized carbons (Fsp3) is 0.417. The zero-order valence-corrected chi connectivity index (χ0v) is 10.8. The SMILES string of the molecule is CCCNc1cc(C(=O)NCC)c([N+](=O)[O-])cc1F. The Hall–Kier alpha value is -2.18. The highest BCUT2D eigenvalue weighted by molar-refractivity contribution is 5.99. The van der Waals surface area contributed by atoms with Gasteiger partial charge in [-0.15, -0.1) is 0 Å². The van der Waals surface area contributed by atoms with Gasteiger partial charge in [-0.25, -0.2) is 4.39 Å². The summed E-state index contributed by atoms with van der Waals surface area (Å²) < 4.78 is 13.7. The quantitative estimate of drug-likeness (QED) is 0.613. The van der Waals surface area contributed by atoms with E-state index in [1.807, 2.05) is 6.92 Å². The first-order chi connectivity index (χ1) is 9.01. The molecule has 0 bridgehead atoms. The summed E-state index contributed by atoms with van der Waals surface area (Å²) in [5, 5.41) is 16.1. The van der Waals surface area contributed by atoms with Crippen molar-refractivity contribution in [3.8, 4) is 0 Å². The number of nitrogens with zero attached hydrogens (tertiary/aromatic N) is 1. The van der Waals surface area contributed by atoms with Crippen LogP contribution in [0.25, 0.3) is 0 Å². The zero-order chi connectivity index (χ0) is 14.4. The molecule has 0 atom stereocenters. The number of nitrogens with one attached hydrogen (secondary N) is 2. The van der Waals surface area contributed by atoms with E-state index in [4.69, 9.17) is 0 Å². The molecule has 0 aliphatic carbocycles. The number of hydrogen-bond acceptors (Lipinski definition) is 4. The van der Waals surface area contributed by atoms with Crippen molar-refractivity contribution in [3.05, 3.63) is 33.6 Å². The zero-order valence-electron chi connectivity index (χ0n) is 10.8. The number of amides is 1. The number of nitro benzene ring substituents is 1. The third-order valence-corrected chi connectivity index (χ3v) is 2.43. The van der Waals surface area contributed by atoms with Crippen LogP contribution in [-0.2, 0) is 0 Å². The molecule has 19 heavy (non-hydrogen) atoms. The summed E-state index contributed by atoms with van der Waals surface area (Å²) in [5.74, 6) is -1.33. The van der Waals surface area contributed by atoms with Crippen LogP contribution in [0.5, 0.6) is 0 Å². The van der Waals surface area contributed by atoms with Crippen LogP contribution in [0, 0.1) is 15.9 Å². The van der Waals surface area contributed by atoms with Crippen molar-refractivity contribution in [1.29, 1.82) is 0 Å². The highest BCUT2D eigenvalue weighted by Gasteiger charge is 2.23. The first kappa shape index (κ1) is 14.9. The van der Waals surface area contributed by atoms with E-state index in [0.29, 0.717) is 13.1 Å². The second-order valence-electron chi connectivity index (χ2n) is 3.89. The lowest BCUT2D eigenvalue weighted by Gasteiger charge is -2.09. The fourth-order valence-electron chi connectivity index (χ4n) is 1.55. The molecule has 7 heteroatoms. The molecule has 1 rings (SSSR count). The van der Waals surface area contributed by atoms with E-state index in [1.165, 1.54) is 6.07 Å². The van der Waals surface area contributed by atoms with E-state index >= 15 is 0 Å². The molecular formula is C12H16FN3O3. The number of benzene rings is 1. The van der Waals surface area contributed by atoms with Gasteiger partial charge in [-0.2, -0.15) is 0 Å². The average molecular weight is 269 g/mol. The minimum Gasteiger partial charge on any atom is -0.383 e. The third-order valence-electron chi connectivity index (χ3n) is 2.43. The largest absolute Gasteiger partial charge is 0.383 e. The standard InChI is InChI=1S/C12H16FN3O3/c1-3-5-15-10-6-8(12(17)14-4-2)11(16(18)19)7-9(10)13/h6-7,15H,3-5H2,1-2H3,(H,14,17). The van der Waals surface area contributed by atoms with Crippen molar-refractivity contribution in [2.24, 2.45) is 0 Å². The van der Waals surface area contributed by atoms with Gasteiger partial charge in [0.15, 0.2) is 5.82 Å². The van der Waals surface area contributed by atoms with E-state index in [2.05, 4.69) is 10.6 Å². The molecule has 0 aliphatic rings. The maximum absolute atomic E-state index is 13.7. The van der Waals surface area contributed by atoms with Gasteiger partial charge in [-0.3, -0.25) is 14.9 Å². The highest BCUT2D eigenvalue weighted by Crippen LogP contribution is 2.26. The summed E-state index contributed by atoms with van der Waals surface area (Å²) >= 11 is 0. The molecule has 0 radical (unpaired) electrons. The smallest absolute Gasteiger partial charge is 0.285 e. The van der Waals surface area contributed by atoms with Crippen LogP contribution in [0.4, 0.5) is 15.8 Å². The number of halogens is 1. The monoisotopic (exact) mass is 269 g/mol. The Kier molecular flexibility index (Phi) is 5.23. The van der Waals surface area contributed by atoms with Crippen molar-refractivity contribution < 1.29 is 14.1 Å². The first-order valence-electron chi connectivity index (χ1n) is 6.01. The molecule has 0 saturated carbocycles. The Labute approximate surface area is 110 Å². The van der Waals surface area contributed by atoms with Gasteiger partial charge in [-0.1, -0.05) is 6.92 Å². The predicted molar refractivity (Wildman–Crippen MR) is 69.8 cm³/mol. The van der Waals surface area contributed by atoms with Crippen molar-refractivity contribution in [2.75, 3.05) is 18.4 Å². The summed E-state index contributed by atoms with van der Waals surface area (Å²) in [5.41, 5.74) is -0.592. The molecule has 6 nitrogen and oxygen atoms in total. The molecule has 0 unspecified atom stereocenters. The Morgan fingerprint density at radius 2 is 2.11 bits per heavy atom. The van der Waals surface area contributed by atoms with Crippen LogP contribution in [0.3, 0.4) is 0 Å². The van der Waals surface area contributed by atoms with Crippen molar-refractivity contribution in [1.82, 2.24) is 5.32 Å². The van der Waals surface area contributed by atoms with Crippen molar-refractivity contribution >= 4 is 17.3 Å². The summed E-state index contributed by atoms with van der Waals surface area (Å²) in [4.78, 5) is 21.8. The number of hydrogen-bond donors (Lipinski definition) is 2. The number of carbonyl (C=O) groups excluding carboxylic acids is 1. The number of nitro groups is 1. The highest BCUT2D eigenvalue weighted by atomic mass is 19.1. The van der Waals surface area contributed by atoms with E-state index in [0.717, 1.165) is 12.5 Å². The van der Waals surface area contributed by atoms with Gasteiger partial charge in [0.1, 0.15) is 5.56 Å². The van der Waals surface area contributed by atoms with Crippen molar-refractivity contribution in [3.63, 3.8) is 0 Å². The van der Waals surface area contributed by atoms with E-state index < -0.39 is 22.3 Å². The average Bonchev–Trinajstić information content (AvgIpc) is 2.37. The molecule has 0 heterocycles. The topological polar surface area (TPSA) is 84.3 Å². The summed E-state index contributed by atoms with van der Waals surface area (Å²) in [7, 11) is 0. The third kappa shape index (κ3) is 3.64. The first-order valence-corrected chi connectivity index (χ1v) is 6.01. The second-order valence-corrected chi connectivity index (χ2v) is 3.89. The van der Waals surface area contributed by atoms with E-state index in [9.17, 15) is 19.3 Å². The summed E-state index contributed by atoms with van der Waals surface area (Å²) in [6.07, 6.45) is 0.771. The van der Waals surface area contributed by atoms with E-state index in [-0.39, 0.29) is 11.3 Å². The van der Waals surface area contributed by atoms with E-state index in [1.54, 1.807) is 6.92 Å². The van der Waals surface area contributed by atoms with Gasteiger partial charge in [0.25, 0.3) is 11.6 Å². The summed E-state index contributed by atoms with van der Waals surface area (Å²) in [6, 6.07) is 1.94. The molecule has 1 amide bonds. The Morgan fingerprint density at radius 3 is 2.63 bits per heavy atom. The van der Waals surface area contributed by atoms with Gasteiger partial charge in [-0.05, 0) is 19.4 Å². The van der Waals surface area contributed by atoms with Gasteiger partial charge < -0.3 is 10.6 Å². The molecule has 104 valence electrons. The van der Waals surface area contributed by atoms with Crippen LogP contribution < -0.4 is 10.6 Å². The lowest BCUT2D eigenvalue weighted by Crippen LogP contribution is -2.24. The molecule has 0 spiro atoms. The van der Waals surface area contributed by atoms with Crippen LogP contribution in [0.15, 0.2) is 12.1 Å². The van der Waals surface area contributed by atoms with Gasteiger partial charge in [0, 0.05) is 13.1 Å². The Morgan fingerprint density at radius 1 is 1.42 bits per heavy atom. The second kappa shape index (κ2) is 6.67. The minimum absolute atomic E-state index is 0.0914. The minimum atomic E-state index is -0.767. The molecular weight excluding hydrogens is 253 g/mol. The maximum Gasteiger partial charge on any atom is 0.285 e. The number of carbonyl (C=O) groups is 1. The molecule has 2 N–H and O–H groups in total. The maximum atomic E-state index is 13.7. The molecule has 1 aromatic carbocycles. The lowest BCUT2D eigenvalue weighted by molar-refractivity contribution is -0.385. The number of anilines is 1. The predicted octanol–water partition coefficient (Wildman–Crippen LogP) is 2.31. The molecule has 0 aliphatic heterocycles. The molecule has 0 saturated heterocycles. The van der Waals surface area contributed by atoms with Crippen LogP contribution in [0.2, 0.25) is 0 Å².